The van der Waals surface area contributed by atoms with Crippen molar-refractivity contribution >= 4 is 35.0 Å². The highest BCUT2D eigenvalue weighted by atomic mass is 35.5. The van der Waals surface area contributed by atoms with E-state index in [9.17, 15) is 9.18 Å². The van der Waals surface area contributed by atoms with Gasteiger partial charge < -0.3 is 0 Å². The van der Waals surface area contributed by atoms with Crippen molar-refractivity contribution in [2.75, 3.05) is 10.7 Å². The zero-order chi connectivity index (χ0) is 14.1. The lowest BCUT2D eigenvalue weighted by atomic mass is 10.1. The zero-order valence-electron chi connectivity index (χ0n) is 10.4. The first kappa shape index (κ1) is 13.5. The van der Waals surface area contributed by atoms with Gasteiger partial charge in [-0.05, 0) is 24.3 Å². The van der Waals surface area contributed by atoms with Gasteiger partial charge in [0.15, 0.2) is 0 Å². The second-order valence-corrected chi connectivity index (χ2v) is 5.93. The summed E-state index contributed by atoms with van der Waals surface area (Å²) in [5.41, 5.74) is 1.21. The summed E-state index contributed by atoms with van der Waals surface area (Å²) in [4.78, 5) is 13.7. The van der Waals surface area contributed by atoms with Crippen LogP contribution in [0.4, 0.5) is 10.1 Å². The molecule has 0 saturated carbocycles. The van der Waals surface area contributed by atoms with Crippen molar-refractivity contribution in [3.05, 3.63) is 64.9 Å². The fourth-order valence-electron chi connectivity index (χ4n) is 2.23. The average molecular weight is 308 g/mol. The number of hydrogen-bond donors (Lipinski definition) is 0. The van der Waals surface area contributed by atoms with Crippen molar-refractivity contribution < 1.29 is 9.18 Å². The van der Waals surface area contributed by atoms with Gasteiger partial charge in [-0.1, -0.05) is 35.9 Å². The van der Waals surface area contributed by atoms with Gasteiger partial charge in [0, 0.05) is 16.3 Å². The van der Waals surface area contributed by atoms with Gasteiger partial charge in [0.25, 0.3) is 0 Å². The lowest BCUT2D eigenvalue weighted by Crippen LogP contribution is -2.28. The number of rotatable bonds is 2. The van der Waals surface area contributed by atoms with Gasteiger partial charge in [0.2, 0.25) is 5.91 Å². The summed E-state index contributed by atoms with van der Waals surface area (Å²) in [6, 6.07) is 13.6. The Morgan fingerprint density at radius 3 is 2.75 bits per heavy atom. The quantitative estimate of drug-likeness (QED) is 0.826. The van der Waals surface area contributed by atoms with Crippen LogP contribution in [0.2, 0.25) is 5.02 Å². The summed E-state index contributed by atoms with van der Waals surface area (Å²) in [6.45, 7) is 0. The van der Waals surface area contributed by atoms with E-state index in [1.165, 1.54) is 17.8 Å². The highest BCUT2D eigenvalue weighted by molar-refractivity contribution is 8.00. The Hall–Kier alpha value is -1.52. The first-order valence-electron chi connectivity index (χ1n) is 6.10. The van der Waals surface area contributed by atoms with Crippen LogP contribution in [0.15, 0.2) is 48.5 Å². The van der Waals surface area contributed by atoms with Gasteiger partial charge in [0.05, 0.1) is 5.75 Å². The number of hydrogen-bond acceptors (Lipinski definition) is 2. The molecule has 1 fully saturated rings. The van der Waals surface area contributed by atoms with Gasteiger partial charge in [-0.15, -0.1) is 11.8 Å². The summed E-state index contributed by atoms with van der Waals surface area (Å²) < 4.78 is 14.0. The van der Waals surface area contributed by atoms with Crippen molar-refractivity contribution in [2.24, 2.45) is 0 Å². The fraction of sp³-hybridized carbons (Fsp3) is 0.133. The number of amides is 1. The number of carbonyl (C=O) groups is 1. The smallest absolute Gasteiger partial charge is 0.238 e. The Morgan fingerprint density at radius 1 is 1.20 bits per heavy atom. The topological polar surface area (TPSA) is 20.3 Å². The summed E-state index contributed by atoms with van der Waals surface area (Å²) in [7, 11) is 0. The Morgan fingerprint density at radius 2 is 2.00 bits per heavy atom. The van der Waals surface area contributed by atoms with Crippen molar-refractivity contribution in [1.82, 2.24) is 0 Å². The third-order valence-electron chi connectivity index (χ3n) is 3.13. The van der Waals surface area contributed by atoms with Gasteiger partial charge in [-0.2, -0.15) is 0 Å². The van der Waals surface area contributed by atoms with Crippen LogP contribution < -0.4 is 4.90 Å². The van der Waals surface area contributed by atoms with Crippen LogP contribution in [-0.4, -0.2) is 11.7 Å². The van der Waals surface area contributed by atoms with Crippen LogP contribution in [-0.2, 0) is 4.79 Å². The molecule has 1 saturated heterocycles. The minimum atomic E-state index is -0.345. The first-order valence-corrected chi connectivity index (χ1v) is 7.53. The Labute approximate surface area is 125 Å². The number of thioether (sulfide) groups is 1. The summed E-state index contributed by atoms with van der Waals surface area (Å²) in [6.07, 6.45) is 0. The van der Waals surface area contributed by atoms with Crippen LogP contribution in [0, 0.1) is 5.82 Å². The maximum absolute atomic E-state index is 14.0. The number of halogens is 2. The van der Waals surface area contributed by atoms with Gasteiger partial charge in [-0.25, -0.2) is 4.39 Å². The van der Waals surface area contributed by atoms with E-state index in [0.29, 0.717) is 22.0 Å². The number of nitrogens with zero attached hydrogens (tertiary/aromatic N) is 1. The van der Waals surface area contributed by atoms with Crippen molar-refractivity contribution in [3.8, 4) is 0 Å². The number of carbonyl (C=O) groups excluding carboxylic acids is 1. The minimum absolute atomic E-state index is 0.0366. The predicted octanol–water partition coefficient (Wildman–Crippen LogP) is 4.26. The molecule has 0 bridgehead atoms. The van der Waals surface area contributed by atoms with Gasteiger partial charge in [0.1, 0.15) is 11.2 Å². The molecular weight excluding hydrogens is 297 g/mol. The molecule has 0 radical (unpaired) electrons. The highest BCUT2D eigenvalue weighted by Crippen LogP contribution is 2.42. The summed E-state index contributed by atoms with van der Waals surface area (Å²) in [5, 5.41) is 0.210. The first-order chi connectivity index (χ1) is 9.66. The molecule has 5 heteroatoms. The molecule has 1 heterocycles. The van der Waals surface area contributed by atoms with Crippen LogP contribution in [0.5, 0.6) is 0 Å². The molecule has 20 heavy (non-hydrogen) atoms. The molecule has 1 unspecified atom stereocenters. The zero-order valence-corrected chi connectivity index (χ0v) is 12.0. The van der Waals surface area contributed by atoms with E-state index in [-0.39, 0.29) is 17.1 Å². The molecule has 1 atom stereocenters. The molecule has 2 aromatic rings. The predicted molar refractivity (Wildman–Crippen MR) is 80.5 cm³/mol. The Balaban J connectivity index is 2.03. The molecule has 0 spiro atoms. The van der Waals surface area contributed by atoms with Crippen LogP contribution in [0.1, 0.15) is 10.9 Å². The van der Waals surface area contributed by atoms with Crippen LogP contribution in [0.25, 0.3) is 0 Å². The van der Waals surface area contributed by atoms with E-state index in [1.807, 2.05) is 6.07 Å². The van der Waals surface area contributed by atoms with Crippen molar-refractivity contribution in [1.29, 1.82) is 0 Å². The summed E-state index contributed by atoms with van der Waals surface area (Å²) >= 11 is 7.40. The molecule has 1 aliphatic rings. The maximum Gasteiger partial charge on any atom is 0.238 e. The van der Waals surface area contributed by atoms with Crippen molar-refractivity contribution in [2.45, 2.75) is 5.37 Å². The van der Waals surface area contributed by atoms with E-state index in [2.05, 4.69) is 0 Å². The Bertz CT molecular complexity index is 664. The normalized spacial score (nSPS) is 18.6. The Kier molecular flexibility index (Phi) is 3.68. The van der Waals surface area contributed by atoms with E-state index in [4.69, 9.17) is 11.6 Å². The monoisotopic (exact) mass is 307 g/mol. The van der Waals surface area contributed by atoms with E-state index >= 15 is 0 Å². The second kappa shape index (κ2) is 5.46. The molecule has 2 nitrogen and oxygen atoms in total. The molecule has 0 aliphatic carbocycles. The van der Waals surface area contributed by atoms with Crippen molar-refractivity contribution in [3.63, 3.8) is 0 Å². The molecule has 1 aliphatic heterocycles. The standard InChI is InChI=1S/C15H11ClFNOS/c16-10-4-3-5-11(8-10)18-14(19)9-20-15(18)12-6-1-2-7-13(12)17/h1-8,15H,9H2. The third-order valence-corrected chi connectivity index (χ3v) is 4.55. The highest BCUT2D eigenvalue weighted by Gasteiger charge is 2.35. The fourth-order valence-corrected chi connectivity index (χ4v) is 3.62. The number of anilines is 1. The largest absolute Gasteiger partial charge is 0.295 e. The van der Waals surface area contributed by atoms with Gasteiger partial charge in [-0.3, -0.25) is 9.69 Å². The molecule has 0 aromatic heterocycles. The van der Waals surface area contributed by atoms with Gasteiger partial charge >= 0.3 is 0 Å². The SMILES string of the molecule is O=C1CSC(c2ccccc2F)N1c1cccc(Cl)c1. The number of benzene rings is 2. The van der Waals surface area contributed by atoms with E-state index < -0.39 is 0 Å². The van der Waals surface area contributed by atoms with Crippen LogP contribution >= 0.6 is 23.4 Å². The molecule has 2 aromatic carbocycles. The third kappa shape index (κ3) is 2.41. The average Bonchev–Trinajstić information content (AvgIpc) is 2.81. The maximum atomic E-state index is 14.0. The molecule has 1 amide bonds. The molecule has 102 valence electrons. The lowest BCUT2D eigenvalue weighted by molar-refractivity contribution is -0.115. The minimum Gasteiger partial charge on any atom is -0.295 e. The van der Waals surface area contributed by atoms with E-state index in [0.717, 1.165) is 0 Å². The molecule has 3 rings (SSSR count). The lowest BCUT2D eigenvalue weighted by Gasteiger charge is -2.24. The molecule has 0 N–H and O–H groups in total. The second-order valence-electron chi connectivity index (χ2n) is 4.43. The van der Waals surface area contributed by atoms with E-state index in [1.54, 1.807) is 41.3 Å². The summed E-state index contributed by atoms with van der Waals surface area (Å²) in [5.74, 6) is 0.00292. The van der Waals surface area contributed by atoms with Crippen LogP contribution in [0.3, 0.4) is 0 Å². The molecular formula is C15H11ClFNOS.